The van der Waals surface area contributed by atoms with Gasteiger partial charge in [0.15, 0.2) is 0 Å². The molecule has 0 saturated carbocycles. The lowest BCUT2D eigenvalue weighted by molar-refractivity contribution is 0.827. The number of hydrogen-bond donors (Lipinski definition) is 1. The molecule has 2 nitrogen and oxygen atoms in total. The van der Waals surface area contributed by atoms with E-state index >= 15 is 0 Å². The molecule has 1 aromatic heterocycles. The van der Waals surface area contributed by atoms with Gasteiger partial charge in [0.25, 0.3) is 0 Å². The molecule has 0 spiro atoms. The number of benzene rings is 1. The first-order valence-electron chi connectivity index (χ1n) is 5.21. The summed E-state index contributed by atoms with van der Waals surface area (Å²) in [5.41, 5.74) is 9.16. The van der Waals surface area contributed by atoms with E-state index in [1.54, 1.807) is 6.20 Å². The van der Waals surface area contributed by atoms with E-state index in [0.717, 1.165) is 16.8 Å². The number of nitrogens with two attached hydrogens (primary N) is 1. The molecule has 1 atom stereocenters. The van der Waals surface area contributed by atoms with Gasteiger partial charge in [-0.2, -0.15) is 0 Å². The molecule has 16 heavy (non-hydrogen) atoms. The van der Waals surface area contributed by atoms with E-state index in [1.807, 2.05) is 48.5 Å². The molecule has 2 rings (SSSR count). The highest BCUT2D eigenvalue weighted by molar-refractivity contribution is 5.53. The number of hydrogen-bond acceptors (Lipinski definition) is 2. The van der Waals surface area contributed by atoms with Crippen molar-refractivity contribution < 1.29 is 0 Å². The van der Waals surface area contributed by atoms with Crippen molar-refractivity contribution in [3.63, 3.8) is 0 Å². The summed E-state index contributed by atoms with van der Waals surface area (Å²) in [5, 5.41) is 0. The largest absolute Gasteiger partial charge is 0.319 e. The Morgan fingerprint density at radius 2 is 1.88 bits per heavy atom. The maximum atomic E-state index is 6.18. The smallest absolute Gasteiger partial charge is 0.0732 e. The quantitative estimate of drug-likeness (QED) is 0.846. The van der Waals surface area contributed by atoms with Crippen LogP contribution in [-0.4, -0.2) is 4.98 Å². The maximum Gasteiger partial charge on any atom is 0.0732 e. The lowest BCUT2D eigenvalue weighted by Gasteiger charge is -2.13. The summed E-state index contributed by atoms with van der Waals surface area (Å²) in [6, 6.07) is 13.5. The maximum absolute atomic E-state index is 6.18. The van der Waals surface area contributed by atoms with Gasteiger partial charge in [0.1, 0.15) is 0 Å². The Balaban J connectivity index is 2.41. The van der Waals surface area contributed by atoms with E-state index in [4.69, 9.17) is 5.73 Å². The van der Waals surface area contributed by atoms with E-state index in [-0.39, 0.29) is 6.04 Å². The average Bonchev–Trinajstić information content (AvgIpc) is 2.39. The van der Waals surface area contributed by atoms with Crippen LogP contribution in [-0.2, 0) is 0 Å². The highest BCUT2D eigenvalue weighted by atomic mass is 14.8. The Morgan fingerprint density at radius 3 is 2.56 bits per heavy atom. The zero-order valence-corrected chi connectivity index (χ0v) is 9.01. The van der Waals surface area contributed by atoms with Gasteiger partial charge in [-0.15, -0.1) is 0 Å². The van der Waals surface area contributed by atoms with Gasteiger partial charge in [0.05, 0.1) is 11.7 Å². The molecule has 2 heteroatoms. The standard InChI is InChI=1S/C14H14N2/c1-2-11-7-3-4-8-12(11)14(15)13-9-5-6-10-16-13/h2-10,14H,1,15H2. The van der Waals surface area contributed by atoms with Crippen molar-refractivity contribution in [2.45, 2.75) is 6.04 Å². The van der Waals surface area contributed by atoms with E-state index in [9.17, 15) is 0 Å². The van der Waals surface area contributed by atoms with Crippen LogP contribution in [0.3, 0.4) is 0 Å². The molecular weight excluding hydrogens is 196 g/mol. The summed E-state index contributed by atoms with van der Waals surface area (Å²) < 4.78 is 0. The second kappa shape index (κ2) is 4.73. The van der Waals surface area contributed by atoms with E-state index in [0.29, 0.717) is 0 Å². The first-order chi connectivity index (χ1) is 7.83. The fourth-order valence-corrected chi connectivity index (χ4v) is 1.70. The minimum atomic E-state index is -0.199. The van der Waals surface area contributed by atoms with E-state index < -0.39 is 0 Å². The molecule has 0 bridgehead atoms. The second-order valence-electron chi connectivity index (χ2n) is 3.57. The van der Waals surface area contributed by atoms with E-state index in [2.05, 4.69) is 11.6 Å². The molecule has 2 N–H and O–H groups in total. The number of rotatable bonds is 3. The zero-order chi connectivity index (χ0) is 11.4. The normalized spacial score (nSPS) is 12.1. The Kier molecular flexibility index (Phi) is 3.13. The predicted molar refractivity (Wildman–Crippen MR) is 66.8 cm³/mol. The van der Waals surface area contributed by atoms with Crippen LogP contribution in [0.2, 0.25) is 0 Å². The third-order valence-electron chi connectivity index (χ3n) is 2.56. The Bertz CT molecular complexity index is 477. The second-order valence-corrected chi connectivity index (χ2v) is 3.57. The van der Waals surface area contributed by atoms with Crippen molar-refractivity contribution in [3.05, 3.63) is 72.1 Å². The van der Waals surface area contributed by atoms with Crippen LogP contribution < -0.4 is 5.73 Å². The van der Waals surface area contributed by atoms with Crippen LogP contribution in [0, 0.1) is 0 Å². The molecule has 1 heterocycles. The SMILES string of the molecule is C=Cc1ccccc1C(N)c1ccccn1. The number of aromatic nitrogens is 1. The summed E-state index contributed by atoms with van der Waals surface area (Å²) in [7, 11) is 0. The predicted octanol–water partition coefficient (Wildman–Crippen LogP) is 2.77. The number of nitrogens with zero attached hydrogens (tertiary/aromatic N) is 1. The van der Waals surface area contributed by atoms with Crippen LogP contribution in [0.25, 0.3) is 6.08 Å². The van der Waals surface area contributed by atoms with Gasteiger partial charge < -0.3 is 5.73 Å². The third kappa shape index (κ3) is 2.02. The first-order valence-corrected chi connectivity index (χ1v) is 5.21. The van der Waals surface area contributed by atoms with Gasteiger partial charge in [0, 0.05) is 6.20 Å². The van der Waals surface area contributed by atoms with Crippen molar-refractivity contribution in [1.82, 2.24) is 4.98 Å². The summed E-state index contributed by atoms with van der Waals surface area (Å²) in [6.45, 7) is 3.79. The van der Waals surface area contributed by atoms with E-state index in [1.165, 1.54) is 0 Å². The molecule has 0 radical (unpaired) electrons. The molecule has 0 aliphatic heterocycles. The van der Waals surface area contributed by atoms with Crippen molar-refractivity contribution in [2.75, 3.05) is 0 Å². The van der Waals surface area contributed by atoms with Gasteiger partial charge in [-0.05, 0) is 23.3 Å². The van der Waals surface area contributed by atoms with Crippen molar-refractivity contribution >= 4 is 6.08 Å². The highest BCUT2D eigenvalue weighted by Crippen LogP contribution is 2.21. The van der Waals surface area contributed by atoms with Crippen LogP contribution in [0.1, 0.15) is 22.9 Å². The summed E-state index contributed by atoms with van der Waals surface area (Å²) in [6.07, 6.45) is 3.57. The molecule has 0 amide bonds. The molecule has 1 aromatic carbocycles. The third-order valence-corrected chi connectivity index (χ3v) is 2.56. The van der Waals surface area contributed by atoms with Gasteiger partial charge in [-0.1, -0.05) is 43.0 Å². The van der Waals surface area contributed by atoms with Gasteiger partial charge in [-0.3, -0.25) is 4.98 Å². The summed E-state index contributed by atoms with van der Waals surface area (Å²) in [4.78, 5) is 4.27. The first kappa shape index (κ1) is 10.6. The summed E-state index contributed by atoms with van der Waals surface area (Å²) in [5.74, 6) is 0. The molecular formula is C14H14N2. The van der Waals surface area contributed by atoms with Crippen molar-refractivity contribution in [1.29, 1.82) is 0 Å². The number of pyridine rings is 1. The molecule has 0 fully saturated rings. The Hall–Kier alpha value is -1.93. The molecule has 80 valence electrons. The fourth-order valence-electron chi connectivity index (χ4n) is 1.70. The lowest BCUT2D eigenvalue weighted by atomic mass is 9.98. The molecule has 0 aliphatic rings. The van der Waals surface area contributed by atoms with Gasteiger partial charge in [0.2, 0.25) is 0 Å². The van der Waals surface area contributed by atoms with Crippen molar-refractivity contribution in [3.8, 4) is 0 Å². The van der Waals surface area contributed by atoms with Crippen LogP contribution >= 0.6 is 0 Å². The summed E-state index contributed by atoms with van der Waals surface area (Å²) >= 11 is 0. The minimum absolute atomic E-state index is 0.199. The molecule has 2 aromatic rings. The molecule has 0 aliphatic carbocycles. The average molecular weight is 210 g/mol. The minimum Gasteiger partial charge on any atom is -0.319 e. The van der Waals surface area contributed by atoms with Crippen LogP contribution in [0.5, 0.6) is 0 Å². The monoisotopic (exact) mass is 210 g/mol. The highest BCUT2D eigenvalue weighted by Gasteiger charge is 2.11. The van der Waals surface area contributed by atoms with Crippen LogP contribution in [0.4, 0.5) is 0 Å². The van der Waals surface area contributed by atoms with Crippen molar-refractivity contribution in [2.24, 2.45) is 5.73 Å². The Labute approximate surface area is 95.5 Å². The fraction of sp³-hybridized carbons (Fsp3) is 0.0714. The van der Waals surface area contributed by atoms with Gasteiger partial charge >= 0.3 is 0 Å². The van der Waals surface area contributed by atoms with Crippen LogP contribution in [0.15, 0.2) is 55.2 Å². The molecule has 0 saturated heterocycles. The zero-order valence-electron chi connectivity index (χ0n) is 9.01. The lowest BCUT2D eigenvalue weighted by Crippen LogP contribution is -2.14. The molecule has 1 unspecified atom stereocenters. The topological polar surface area (TPSA) is 38.9 Å². The Morgan fingerprint density at radius 1 is 1.12 bits per heavy atom. The van der Waals surface area contributed by atoms with Gasteiger partial charge in [-0.25, -0.2) is 0 Å².